The van der Waals surface area contributed by atoms with Gasteiger partial charge in [-0.15, -0.1) is 0 Å². The van der Waals surface area contributed by atoms with Crippen molar-refractivity contribution in [2.45, 2.75) is 59.4 Å². The van der Waals surface area contributed by atoms with Crippen molar-refractivity contribution < 1.29 is 0 Å². The van der Waals surface area contributed by atoms with Gasteiger partial charge in [-0.1, -0.05) is 27.7 Å². The van der Waals surface area contributed by atoms with E-state index < -0.39 is 0 Å². The zero-order chi connectivity index (χ0) is 16.7. The van der Waals surface area contributed by atoms with Crippen LogP contribution in [-0.2, 0) is 0 Å². The topological polar surface area (TPSA) is 54.1 Å². The van der Waals surface area contributed by atoms with Crippen LogP contribution in [-0.4, -0.2) is 49.6 Å². The molecule has 0 aromatic heterocycles. The van der Waals surface area contributed by atoms with E-state index in [4.69, 9.17) is 10.5 Å². The summed E-state index contributed by atoms with van der Waals surface area (Å²) in [5.41, 5.74) is 0. The van der Waals surface area contributed by atoms with E-state index in [9.17, 15) is 0 Å². The van der Waals surface area contributed by atoms with Crippen molar-refractivity contribution in [1.29, 1.82) is 10.5 Å². The van der Waals surface area contributed by atoms with Gasteiger partial charge in [-0.3, -0.25) is 4.90 Å². The molecule has 2 fully saturated rings. The summed E-state index contributed by atoms with van der Waals surface area (Å²) in [5.74, 6) is 0.653. The fraction of sp³-hybridized carbons (Fsp3) is 0.882. The standard InChI is InChI=1S/C7H12N2.C6H10N2.2C2H6/c1-9-5-3-7(6-9)2-4-8;1-8-4-2-3-6(8)5-7;2*1-2/h7H,2-3,5-6H2,1H3;6H,2-4H2,1H3;2*1-2H3. The third-order valence-electron chi connectivity index (χ3n) is 3.54. The maximum absolute atomic E-state index is 8.44. The van der Waals surface area contributed by atoms with Gasteiger partial charge in [0.1, 0.15) is 0 Å². The first-order chi connectivity index (χ1) is 10.2. The predicted molar refractivity (Wildman–Crippen MR) is 89.8 cm³/mol. The van der Waals surface area contributed by atoms with E-state index in [2.05, 4.69) is 29.0 Å². The molecule has 2 heterocycles. The van der Waals surface area contributed by atoms with Crippen LogP contribution in [0.15, 0.2) is 0 Å². The smallest absolute Gasteiger partial charge is 0.0975 e. The summed E-state index contributed by atoms with van der Waals surface area (Å²) in [7, 11) is 4.11. The van der Waals surface area contributed by atoms with Crippen LogP contribution < -0.4 is 0 Å². The van der Waals surface area contributed by atoms with Gasteiger partial charge in [-0.25, -0.2) is 0 Å². The Labute approximate surface area is 132 Å². The Bertz CT molecular complexity index is 303. The molecule has 2 unspecified atom stereocenters. The molecule has 2 rings (SSSR count). The number of nitrogens with zero attached hydrogens (tertiary/aromatic N) is 4. The highest BCUT2D eigenvalue weighted by Gasteiger charge is 2.19. The third kappa shape index (κ3) is 10.3. The van der Waals surface area contributed by atoms with Crippen molar-refractivity contribution in [2.75, 3.05) is 33.7 Å². The molecule has 0 aliphatic carbocycles. The molecule has 2 aliphatic heterocycles. The van der Waals surface area contributed by atoms with Crippen LogP contribution in [0.25, 0.3) is 0 Å². The molecule has 21 heavy (non-hydrogen) atoms. The van der Waals surface area contributed by atoms with Gasteiger partial charge in [-0.2, -0.15) is 10.5 Å². The van der Waals surface area contributed by atoms with Crippen LogP contribution in [0, 0.1) is 28.6 Å². The molecule has 0 aromatic rings. The molecule has 0 aromatic carbocycles. The van der Waals surface area contributed by atoms with E-state index in [-0.39, 0.29) is 6.04 Å². The molecule has 0 N–H and O–H groups in total. The van der Waals surface area contributed by atoms with Crippen molar-refractivity contribution in [1.82, 2.24) is 9.80 Å². The van der Waals surface area contributed by atoms with E-state index in [1.807, 2.05) is 34.7 Å². The molecule has 0 saturated carbocycles. The number of rotatable bonds is 1. The minimum atomic E-state index is 0.204. The quantitative estimate of drug-likeness (QED) is 0.742. The number of nitriles is 2. The molecule has 0 amide bonds. The molecular weight excluding hydrogens is 260 g/mol. The van der Waals surface area contributed by atoms with Crippen molar-refractivity contribution in [3.63, 3.8) is 0 Å². The zero-order valence-electron chi connectivity index (χ0n) is 14.9. The van der Waals surface area contributed by atoms with E-state index in [0.717, 1.165) is 25.9 Å². The first-order valence-electron chi connectivity index (χ1n) is 8.32. The molecule has 122 valence electrons. The summed E-state index contributed by atoms with van der Waals surface area (Å²) < 4.78 is 0. The molecule has 0 spiro atoms. The zero-order valence-corrected chi connectivity index (χ0v) is 14.9. The Balaban J connectivity index is 0. The SMILES string of the molecule is CC.CC.CN1CCC(CC#N)C1.CN1CCCC1C#N. The maximum Gasteiger partial charge on any atom is 0.0975 e. The van der Waals surface area contributed by atoms with Crippen LogP contribution in [0.2, 0.25) is 0 Å². The van der Waals surface area contributed by atoms with Crippen LogP contribution in [0.1, 0.15) is 53.4 Å². The second-order valence-electron chi connectivity index (χ2n) is 5.05. The fourth-order valence-corrected chi connectivity index (χ4v) is 2.40. The van der Waals surface area contributed by atoms with E-state index in [1.54, 1.807) is 0 Å². The lowest BCUT2D eigenvalue weighted by Gasteiger charge is -2.09. The van der Waals surface area contributed by atoms with Gasteiger partial charge >= 0.3 is 0 Å². The van der Waals surface area contributed by atoms with Crippen molar-refractivity contribution >= 4 is 0 Å². The molecule has 0 radical (unpaired) electrons. The molecule has 0 bridgehead atoms. The highest BCUT2D eigenvalue weighted by Crippen LogP contribution is 2.16. The first kappa shape index (κ1) is 22.2. The fourth-order valence-electron chi connectivity index (χ4n) is 2.40. The molecule has 4 nitrogen and oxygen atoms in total. The molecular formula is C17H34N4. The van der Waals surface area contributed by atoms with Crippen LogP contribution >= 0.6 is 0 Å². The van der Waals surface area contributed by atoms with Crippen molar-refractivity contribution in [3.8, 4) is 12.1 Å². The second-order valence-corrected chi connectivity index (χ2v) is 5.05. The highest BCUT2D eigenvalue weighted by atomic mass is 15.1. The lowest BCUT2D eigenvalue weighted by atomic mass is 10.1. The van der Waals surface area contributed by atoms with Crippen molar-refractivity contribution in [2.24, 2.45) is 5.92 Å². The van der Waals surface area contributed by atoms with Gasteiger partial charge in [0.2, 0.25) is 0 Å². The van der Waals surface area contributed by atoms with Gasteiger partial charge in [0.15, 0.2) is 0 Å². The molecule has 4 heteroatoms. The third-order valence-corrected chi connectivity index (χ3v) is 3.54. The lowest BCUT2D eigenvalue weighted by molar-refractivity contribution is 0.363. The Morgan fingerprint density at radius 1 is 1.00 bits per heavy atom. The molecule has 2 saturated heterocycles. The van der Waals surface area contributed by atoms with Gasteiger partial charge in [0.25, 0.3) is 0 Å². The molecule has 2 atom stereocenters. The monoisotopic (exact) mass is 294 g/mol. The normalized spacial score (nSPS) is 24.2. The summed E-state index contributed by atoms with van der Waals surface area (Å²) in [4.78, 5) is 4.38. The summed E-state index contributed by atoms with van der Waals surface area (Å²) >= 11 is 0. The van der Waals surface area contributed by atoms with Crippen LogP contribution in [0.5, 0.6) is 0 Å². The van der Waals surface area contributed by atoms with Gasteiger partial charge in [-0.05, 0) is 52.4 Å². The lowest BCUT2D eigenvalue weighted by Crippen LogP contribution is -2.22. The second kappa shape index (κ2) is 15.3. The summed E-state index contributed by atoms with van der Waals surface area (Å²) in [6, 6.07) is 4.65. The van der Waals surface area contributed by atoms with E-state index >= 15 is 0 Å². The largest absolute Gasteiger partial charge is 0.306 e. The summed E-state index contributed by atoms with van der Waals surface area (Å²) in [5, 5.41) is 16.8. The van der Waals surface area contributed by atoms with Crippen LogP contribution in [0.4, 0.5) is 0 Å². The van der Waals surface area contributed by atoms with Gasteiger partial charge in [0, 0.05) is 13.0 Å². The highest BCUT2D eigenvalue weighted by molar-refractivity contribution is 4.94. The predicted octanol–water partition coefficient (Wildman–Crippen LogP) is 3.51. The summed E-state index contributed by atoms with van der Waals surface area (Å²) in [6.07, 6.45) is 4.20. The van der Waals surface area contributed by atoms with E-state index in [1.165, 1.54) is 19.4 Å². The Kier molecular flexibility index (Phi) is 16.2. The average molecular weight is 294 g/mol. The Morgan fingerprint density at radius 2 is 1.62 bits per heavy atom. The number of hydrogen-bond acceptors (Lipinski definition) is 4. The van der Waals surface area contributed by atoms with Crippen LogP contribution in [0.3, 0.4) is 0 Å². The average Bonchev–Trinajstić information content (AvgIpc) is 3.12. The first-order valence-corrected chi connectivity index (χ1v) is 8.32. The number of hydrogen-bond donors (Lipinski definition) is 0. The van der Waals surface area contributed by atoms with E-state index in [0.29, 0.717) is 5.92 Å². The Morgan fingerprint density at radius 3 is 1.90 bits per heavy atom. The Hall–Kier alpha value is -1.10. The minimum absolute atomic E-state index is 0.204. The minimum Gasteiger partial charge on any atom is -0.306 e. The van der Waals surface area contributed by atoms with Gasteiger partial charge < -0.3 is 4.90 Å². The summed E-state index contributed by atoms with van der Waals surface area (Å²) in [6.45, 7) is 11.4. The molecule has 2 aliphatic rings. The number of likely N-dealkylation sites (tertiary alicyclic amines) is 2. The van der Waals surface area contributed by atoms with Crippen molar-refractivity contribution in [3.05, 3.63) is 0 Å². The van der Waals surface area contributed by atoms with Gasteiger partial charge in [0.05, 0.1) is 18.2 Å². The maximum atomic E-state index is 8.44.